The molecule has 0 spiro atoms. The van der Waals surface area contributed by atoms with Crippen LogP contribution < -0.4 is 0 Å². The third-order valence-corrected chi connectivity index (χ3v) is 5.41. The highest BCUT2D eigenvalue weighted by atomic mass is 19.1. The van der Waals surface area contributed by atoms with E-state index >= 15 is 0 Å². The molecule has 2 aromatic rings. The molecular weight excluding hydrogens is 309 g/mol. The number of rotatable bonds is 5. The Bertz CT molecular complexity index is 729. The van der Waals surface area contributed by atoms with Crippen molar-refractivity contribution in [3.63, 3.8) is 0 Å². The number of benzene rings is 2. The summed E-state index contributed by atoms with van der Waals surface area (Å²) in [6.07, 6.45) is 9.26. The Hall–Kier alpha value is -2.40. The van der Waals surface area contributed by atoms with E-state index in [1.807, 2.05) is 24.3 Å². The van der Waals surface area contributed by atoms with Crippen LogP contribution in [0.25, 0.3) is 11.1 Å². The maximum absolute atomic E-state index is 12.0. The van der Waals surface area contributed by atoms with Crippen LogP contribution in [0.2, 0.25) is 0 Å². The highest BCUT2D eigenvalue weighted by Gasteiger charge is 2.21. The summed E-state index contributed by atoms with van der Waals surface area (Å²) in [4.78, 5) is 0. The van der Waals surface area contributed by atoms with Crippen LogP contribution in [0.3, 0.4) is 0 Å². The summed E-state index contributed by atoms with van der Waals surface area (Å²) in [6, 6.07) is 18.8. The maximum Gasteiger partial charge on any atom is 0.0991 e. The van der Waals surface area contributed by atoms with Crippen LogP contribution in [0, 0.1) is 17.2 Å². The molecule has 1 aliphatic rings. The SMILES string of the molecule is N#Cc1ccc(-c2ccc(C3CCC(CC/C=C/F)CC3)cc2)cc1. The summed E-state index contributed by atoms with van der Waals surface area (Å²) in [5, 5.41) is 8.89. The normalized spacial score (nSPS) is 20.5. The van der Waals surface area contributed by atoms with Crippen LogP contribution >= 0.6 is 0 Å². The first kappa shape index (κ1) is 17.4. The van der Waals surface area contributed by atoms with Crippen molar-refractivity contribution in [1.82, 2.24) is 0 Å². The second kappa shape index (κ2) is 8.62. The molecule has 0 saturated heterocycles. The molecular formula is C23H24FN. The Labute approximate surface area is 149 Å². The largest absolute Gasteiger partial charge is 0.216 e. The van der Waals surface area contributed by atoms with Gasteiger partial charge in [-0.2, -0.15) is 5.26 Å². The lowest BCUT2D eigenvalue weighted by Crippen LogP contribution is -2.13. The minimum Gasteiger partial charge on any atom is -0.216 e. The van der Waals surface area contributed by atoms with Gasteiger partial charge in [-0.3, -0.25) is 0 Å². The van der Waals surface area contributed by atoms with E-state index in [9.17, 15) is 4.39 Å². The summed E-state index contributed by atoms with van der Waals surface area (Å²) < 4.78 is 12.0. The van der Waals surface area contributed by atoms with Crippen molar-refractivity contribution in [2.75, 3.05) is 0 Å². The zero-order valence-corrected chi connectivity index (χ0v) is 14.5. The second-order valence-electron chi connectivity index (χ2n) is 6.97. The van der Waals surface area contributed by atoms with Crippen molar-refractivity contribution in [1.29, 1.82) is 5.26 Å². The summed E-state index contributed by atoms with van der Waals surface area (Å²) in [5.74, 6) is 1.41. The first-order valence-electron chi connectivity index (χ1n) is 9.16. The first-order chi connectivity index (χ1) is 12.3. The molecule has 0 unspecified atom stereocenters. The number of hydrogen-bond acceptors (Lipinski definition) is 1. The van der Waals surface area contributed by atoms with Gasteiger partial charge in [0.05, 0.1) is 18.0 Å². The number of nitriles is 1. The Morgan fingerprint density at radius 2 is 1.52 bits per heavy atom. The van der Waals surface area contributed by atoms with Gasteiger partial charge < -0.3 is 0 Å². The molecule has 3 rings (SSSR count). The third-order valence-electron chi connectivity index (χ3n) is 5.41. The highest BCUT2D eigenvalue weighted by molar-refractivity contribution is 5.64. The summed E-state index contributed by atoms with van der Waals surface area (Å²) >= 11 is 0. The lowest BCUT2D eigenvalue weighted by atomic mass is 9.77. The van der Waals surface area contributed by atoms with E-state index in [-0.39, 0.29) is 0 Å². The molecule has 2 heteroatoms. The van der Waals surface area contributed by atoms with Crippen LogP contribution in [0.15, 0.2) is 60.9 Å². The fraction of sp³-hybridized carbons (Fsp3) is 0.348. The maximum atomic E-state index is 12.0. The van der Waals surface area contributed by atoms with Crippen LogP contribution in [0.4, 0.5) is 4.39 Å². The van der Waals surface area contributed by atoms with E-state index < -0.39 is 0 Å². The van der Waals surface area contributed by atoms with E-state index in [1.54, 1.807) is 6.08 Å². The number of halogens is 1. The number of hydrogen-bond donors (Lipinski definition) is 0. The Kier molecular flexibility index (Phi) is 6.01. The molecule has 0 atom stereocenters. The van der Waals surface area contributed by atoms with E-state index in [0.29, 0.717) is 17.8 Å². The average Bonchev–Trinajstić information content (AvgIpc) is 2.69. The standard InChI is InChI=1S/C23H24FN/c24-16-2-1-3-18-4-8-20(9-5-18)22-12-14-23(15-13-22)21-10-6-19(17-25)7-11-21/h2,6-7,10-16,18,20H,1,3-5,8-9H2/b16-2+. The van der Waals surface area contributed by atoms with Crippen molar-refractivity contribution in [2.45, 2.75) is 44.4 Å². The highest BCUT2D eigenvalue weighted by Crippen LogP contribution is 2.38. The van der Waals surface area contributed by atoms with Crippen molar-refractivity contribution in [2.24, 2.45) is 5.92 Å². The molecule has 1 nitrogen and oxygen atoms in total. The zero-order valence-electron chi connectivity index (χ0n) is 14.5. The van der Waals surface area contributed by atoms with Gasteiger partial charge in [-0.15, -0.1) is 0 Å². The van der Waals surface area contributed by atoms with E-state index in [0.717, 1.165) is 24.3 Å². The summed E-state index contributed by atoms with van der Waals surface area (Å²) in [6.45, 7) is 0. The molecule has 0 bridgehead atoms. The van der Waals surface area contributed by atoms with Gasteiger partial charge >= 0.3 is 0 Å². The van der Waals surface area contributed by atoms with Gasteiger partial charge in [-0.25, -0.2) is 4.39 Å². The minimum atomic E-state index is 0.656. The molecule has 128 valence electrons. The van der Waals surface area contributed by atoms with E-state index in [2.05, 4.69) is 30.3 Å². The Morgan fingerprint density at radius 1 is 0.920 bits per heavy atom. The van der Waals surface area contributed by atoms with Gasteiger partial charge in [0.2, 0.25) is 0 Å². The predicted molar refractivity (Wildman–Crippen MR) is 101 cm³/mol. The van der Waals surface area contributed by atoms with Crippen LogP contribution in [0.5, 0.6) is 0 Å². The van der Waals surface area contributed by atoms with Gasteiger partial charge in [-0.05, 0) is 79.2 Å². The Balaban J connectivity index is 1.58. The fourth-order valence-electron chi connectivity index (χ4n) is 3.86. The van der Waals surface area contributed by atoms with Crippen LogP contribution in [-0.4, -0.2) is 0 Å². The summed E-state index contributed by atoms with van der Waals surface area (Å²) in [7, 11) is 0. The lowest BCUT2D eigenvalue weighted by Gasteiger charge is -2.28. The second-order valence-corrected chi connectivity index (χ2v) is 6.97. The fourth-order valence-corrected chi connectivity index (χ4v) is 3.86. The predicted octanol–water partition coefficient (Wildman–Crippen LogP) is 6.76. The van der Waals surface area contributed by atoms with Gasteiger partial charge in [-0.1, -0.05) is 42.5 Å². The minimum absolute atomic E-state index is 0.656. The zero-order chi connectivity index (χ0) is 17.5. The molecule has 1 saturated carbocycles. The van der Waals surface area contributed by atoms with Crippen LogP contribution in [0.1, 0.15) is 55.6 Å². The van der Waals surface area contributed by atoms with Crippen molar-refractivity contribution in [3.8, 4) is 17.2 Å². The lowest BCUT2D eigenvalue weighted by molar-refractivity contribution is 0.311. The monoisotopic (exact) mass is 333 g/mol. The molecule has 2 aromatic carbocycles. The van der Waals surface area contributed by atoms with Crippen molar-refractivity contribution >= 4 is 0 Å². The van der Waals surface area contributed by atoms with Crippen LogP contribution in [-0.2, 0) is 0 Å². The number of allylic oxidation sites excluding steroid dienone is 1. The first-order valence-corrected chi connectivity index (χ1v) is 9.16. The molecule has 0 heterocycles. The molecule has 0 N–H and O–H groups in total. The number of nitrogens with zero attached hydrogens (tertiary/aromatic N) is 1. The molecule has 0 aliphatic heterocycles. The quantitative estimate of drug-likeness (QED) is 0.593. The third kappa shape index (κ3) is 4.57. The molecule has 25 heavy (non-hydrogen) atoms. The van der Waals surface area contributed by atoms with Gasteiger partial charge in [0.25, 0.3) is 0 Å². The average molecular weight is 333 g/mol. The molecule has 0 radical (unpaired) electrons. The van der Waals surface area contributed by atoms with Gasteiger partial charge in [0.1, 0.15) is 0 Å². The molecule has 0 aromatic heterocycles. The van der Waals surface area contributed by atoms with E-state index in [1.165, 1.54) is 36.8 Å². The molecule has 1 fully saturated rings. The van der Waals surface area contributed by atoms with Gasteiger partial charge in [0, 0.05) is 0 Å². The summed E-state index contributed by atoms with van der Waals surface area (Å²) in [5.41, 5.74) is 4.47. The molecule has 0 amide bonds. The Morgan fingerprint density at radius 3 is 2.08 bits per heavy atom. The smallest absolute Gasteiger partial charge is 0.0991 e. The van der Waals surface area contributed by atoms with Crippen molar-refractivity contribution in [3.05, 3.63) is 72.1 Å². The van der Waals surface area contributed by atoms with Gasteiger partial charge in [0.15, 0.2) is 0 Å². The van der Waals surface area contributed by atoms with E-state index in [4.69, 9.17) is 5.26 Å². The molecule has 1 aliphatic carbocycles. The topological polar surface area (TPSA) is 23.8 Å². The van der Waals surface area contributed by atoms with Crippen molar-refractivity contribution < 1.29 is 4.39 Å².